The van der Waals surface area contributed by atoms with E-state index in [9.17, 15) is 8.42 Å². The number of nitrogens with zero attached hydrogens (tertiary/aromatic N) is 1. The molecule has 6 heteroatoms. The van der Waals surface area contributed by atoms with E-state index in [0.29, 0.717) is 29.6 Å². The van der Waals surface area contributed by atoms with Gasteiger partial charge in [-0.05, 0) is 36.1 Å². The first-order chi connectivity index (χ1) is 8.45. The fourth-order valence-electron chi connectivity index (χ4n) is 2.08. The zero-order valence-electron chi connectivity index (χ0n) is 10.1. The van der Waals surface area contributed by atoms with E-state index < -0.39 is 10.0 Å². The summed E-state index contributed by atoms with van der Waals surface area (Å²) in [5, 5.41) is 0.499. The van der Waals surface area contributed by atoms with Crippen molar-refractivity contribution in [3.8, 4) is 0 Å². The lowest BCUT2D eigenvalue weighted by Crippen LogP contribution is -2.28. The molecule has 0 spiro atoms. The Morgan fingerprint density at radius 3 is 2.72 bits per heavy atom. The summed E-state index contributed by atoms with van der Waals surface area (Å²) in [6, 6.07) is 4.69. The maximum absolute atomic E-state index is 12.4. The molecule has 0 radical (unpaired) electrons. The van der Waals surface area contributed by atoms with Crippen molar-refractivity contribution in [2.45, 2.75) is 24.1 Å². The van der Waals surface area contributed by atoms with E-state index in [0.717, 1.165) is 6.42 Å². The molecular weight excluding hydrogens is 293 g/mol. The Labute approximate surface area is 118 Å². The van der Waals surface area contributed by atoms with Gasteiger partial charge in [-0.15, -0.1) is 11.6 Å². The number of hydrogen-bond donors (Lipinski definition) is 0. The van der Waals surface area contributed by atoms with Crippen LogP contribution in [0.1, 0.15) is 18.9 Å². The SMILES string of the molecule is CC1CCN(S(=O)(=O)c2ccc(Cl)c(CCl)c2)C1. The standard InChI is InChI=1S/C12H15Cl2NO2S/c1-9-4-5-15(8-9)18(16,17)11-2-3-12(14)10(6-11)7-13/h2-3,6,9H,4-5,7-8H2,1H3. The number of rotatable bonds is 3. The molecule has 1 aromatic carbocycles. The Kier molecular flexibility index (Phi) is 4.22. The van der Waals surface area contributed by atoms with Gasteiger partial charge in [-0.2, -0.15) is 4.31 Å². The minimum atomic E-state index is -3.40. The van der Waals surface area contributed by atoms with Gasteiger partial charge in [0.05, 0.1) is 4.90 Å². The van der Waals surface area contributed by atoms with Crippen molar-refractivity contribution in [2.24, 2.45) is 5.92 Å². The molecule has 2 rings (SSSR count). The molecule has 0 N–H and O–H groups in total. The molecule has 18 heavy (non-hydrogen) atoms. The van der Waals surface area contributed by atoms with Gasteiger partial charge in [0.25, 0.3) is 0 Å². The van der Waals surface area contributed by atoms with Gasteiger partial charge in [0.2, 0.25) is 10.0 Å². The van der Waals surface area contributed by atoms with Crippen LogP contribution in [0.3, 0.4) is 0 Å². The van der Waals surface area contributed by atoms with Crippen LogP contribution < -0.4 is 0 Å². The zero-order chi connectivity index (χ0) is 13.3. The fraction of sp³-hybridized carbons (Fsp3) is 0.500. The van der Waals surface area contributed by atoms with Crippen LogP contribution in [0.4, 0.5) is 0 Å². The summed E-state index contributed by atoms with van der Waals surface area (Å²) in [7, 11) is -3.40. The van der Waals surface area contributed by atoms with Gasteiger partial charge < -0.3 is 0 Å². The molecule has 1 aliphatic rings. The smallest absolute Gasteiger partial charge is 0.207 e. The lowest BCUT2D eigenvalue weighted by Gasteiger charge is -2.16. The topological polar surface area (TPSA) is 37.4 Å². The Balaban J connectivity index is 2.35. The monoisotopic (exact) mass is 307 g/mol. The van der Waals surface area contributed by atoms with Crippen molar-refractivity contribution in [1.29, 1.82) is 0 Å². The average molecular weight is 308 g/mol. The summed E-state index contributed by atoms with van der Waals surface area (Å²) in [6.45, 7) is 3.23. The molecule has 0 aromatic heterocycles. The molecule has 100 valence electrons. The summed E-state index contributed by atoms with van der Waals surface area (Å²) < 4.78 is 26.3. The van der Waals surface area contributed by atoms with Crippen molar-refractivity contribution < 1.29 is 8.42 Å². The summed E-state index contributed by atoms with van der Waals surface area (Å²) in [5.74, 6) is 0.623. The Hall–Kier alpha value is -0.290. The number of hydrogen-bond acceptors (Lipinski definition) is 2. The van der Waals surface area contributed by atoms with E-state index in [1.807, 2.05) is 0 Å². The van der Waals surface area contributed by atoms with Crippen LogP contribution in [0.15, 0.2) is 23.1 Å². The van der Waals surface area contributed by atoms with Crippen LogP contribution in [-0.4, -0.2) is 25.8 Å². The number of sulfonamides is 1. The van der Waals surface area contributed by atoms with Gasteiger partial charge in [-0.1, -0.05) is 18.5 Å². The van der Waals surface area contributed by atoms with E-state index in [2.05, 4.69) is 6.92 Å². The molecule has 1 aliphatic heterocycles. The van der Waals surface area contributed by atoms with Crippen LogP contribution in [0.5, 0.6) is 0 Å². The van der Waals surface area contributed by atoms with E-state index in [1.165, 1.54) is 10.4 Å². The summed E-state index contributed by atoms with van der Waals surface area (Å²) in [6.07, 6.45) is 0.912. The van der Waals surface area contributed by atoms with Crippen molar-refractivity contribution in [1.82, 2.24) is 4.31 Å². The highest BCUT2D eigenvalue weighted by Crippen LogP contribution is 2.27. The lowest BCUT2D eigenvalue weighted by atomic mass is 10.2. The normalized spacial score (nSPS) is 21.4. The summed E-state index contributed by atoms with van der Waals surface area (Å²) in [4.78, 5) is 0.275. The van der Waals surface area contributed by atoms with Gasteiger partial charge in [0.15, 0.2) is 0 Å². The molecule has 1 atom stereocenters. The predicted molar refractivity (Wildman–Crippen MR) is 73.5 cm³/mol. The first-order valence-corrected chi connectivity index (χ1v) is 8.15. The van der Waals surface area contributed by atoms with Gasteiger partial charge in [-0.25, -0.2) is 8.42 Å². The van der Waals surface area contributed by atoms with Gasteiger partial charge >= 0.3 is 0 Å². The van der Waals surface area contributed by atoms with E-state index in [-0.39, 0.29) is 10.8 Å². The van der Waals surface area contributed by atoms with Crippen LogP contribution in [0.25, 0.3) is 0 Å². The Morgan fingerprint density at radius 2 is 2.17 bits per heavy atom. The maximum Gasteiger partial charge on any atom is 0.243 e. The predicted octanol–water partition coefficient (Wildman–Crippen LogP) is 3.11. The van der Waals surface area contributed by atoms with E-state index >= 15 is 0 Å². The average Bonchev–Trinajstić information content (AvgIpc) is 2.77. The molecule has 3 nitrogen and oxygen atoms in total. The second kappa shape index (κ2) is 5.37. The highest BCUT2D eigenvalue weighted by Gasteiger charge is 2.30. The van der Waals surface area contributed by atoms with Crippen LogP contribution in [0, 0.1) is 5.92 Å². The minimum Gasteiger partial charge on any atom is -0.207 e. The molecule has 0 amide bonds. The van der Waals surface area contributed by atoms with Crippen molar-refractivity contribution >= 4 is 33.2 Å². The quantitative estimate of drug-likeness (QED) is 0.805. The minimum absolute atomic E-state index is 0.207. The molecule has 1 heterocycles. The van der Waals surface area contributed by atoms with Crippen LogP contribution in [0.2, 0.25) is 5.02 Å². The second-order valence-electron chi connectivity index (χ2n) is 4.64. The molecular formula is C12H15Cl2NO2S. The highest BCUT2D eigenvalue weighted by molar-refractivity contribution is 7.89. The van der Waals surface area contributed by atoms with Gasteiger partial charge in [0, 0.05) is 24.0 Å². The second-order valence-corrected chi connectivity index (χ2v) is 7.26. The first-order valence-electron chi connectivity index (χ1n) is 5.79. The van der Waals surface area contributed by atoms with Crippen LogP contribution >= 0.6 is 23.2 Å². The number of halogens is 2. The summed E-state index contributed by atoms with van der Waals surface area (Å²) in [5.41, 5.74) is 0.645. The number of alkyl halides is 1. The molecule has 1 unspecified atom stereocenters. The fourth-order valence-corrected chi connectivity index (χ4v) is 4.18. The third-order valence-corrected chi connectivity index (χ3v) is 5.70. The van der Waals surface area contributed by atoms with Crippen molar-refractivity contribution in [3.63, 3.8) is 0 Å². The largest absolute Gasteiger partial charge is 0.243 e. The van der Waals surface area contributed by atoms with Gasteiger partial charge in [-0.3, -0.25) is 0 Å². The number of benzene rings is 1. The zero-order valence-corrected chi connectivity index (χ0v) is 12.4. The Morgan fingerprint density at radius 1 is 1.44 bits per heavy atom. The lowest BCUT2D eigenvalue weighted by molar-refractivity contribution is 0.464. The Bertz CT molecular complexity index is 545. The first kappa shape index (κ1) is 14.1. The van der Waals surface area contributed by atoms with Gasteiger partial charge in [0.1, 0.15) is 0 Å². The van der Waals surface area contributed by atoms with E-state index in [4.69, 9.17) is 23.2 Å². The molecule has 1 aromatic rings. The molecule has 0 bridgehead atoms. The van der Waals surface area contributed by atoms with E-state index in [1.54, 1.807) is 12.1 Å². The molecule has 0 saturated carbocycles. The van der Waals surface area contributed by atoms with Crippen molar-refractivity contribution in [2.75, 3.05) is 13.1 Å². The molecule has 1 fully saturated rings. The third-order valence-electron chi connectivity index (χ3n) is 3.19. The summed E-state index contributed by atoms with van der Waals surface area (Å²) >= 11 is 11.7. The molecule has 0 aliphatic carbocycles. The molecule has 1 saturated heterocycles. The van der Waals surface area contributed by atoms with Crippen LogP contribution in [-0.2, 0) is 15.9 Å². The maximum atomic E-state index is 12.4. The highest BCUT2D eigenvalue weighted by atomic mass is 35.5. The third kappa shape index (κ3) is 2.67. The van der Waals surface area contributed by atoms with Crippen molar-refractivity contribution in [3.05, 3.63) is 28.8 Å².